The number of nitrogens with one attached hydrogen (secondary N) is 4. The zero-order valence-corrected chi connectivity index (χ0v) is 24.3. The lowest BCUT2D eigenvalue weighted by molar-refractivity contribution is -0.142. The summed E-state index contributed by atoms with van der Waals surface area (Å²) in [6, 6.07) is 2.46. The number of benzene rings is 1. The number of aromatic amines is 1. The molecule has 1 aromatic heterocycles. The predicted octanol–water partition coefficient (Wildman–Crippen LogP) is -0.459. The Bertz CT molecular complexity index is 1310. The number of hydrogen-bond acceptors (Lipinski definition) is 7. The Hall–Kier alpha value is -4.66. The number of H-pyrrole nitrogens is 1. The van der Waals surface area contributed by atoms with E-state index in [-0.39, 0.29) is 44.1 Å². The van der Waals surface area contributed by atoms with Crippen molar-refractivity contribution in [3.05, 3.63) is 36.0 Å². The fourth-order valence-electron chi connectivity index (χ4n) is 4.35. The number of aliphatic imine (C=N–C) groups is 1. The van der Waals surface area contributed by atoms with Gasteiger partial charge in [-0.1, -0.05) is 38.5 Å². The van der Waals surface area contributed by atoms with E-state index in [4.69, 9.17) is 17.2 Å². The molecule has 0 aliphatic heterocycles. The van der Waals surface area contributed by atoms with E-state index in [2.05, 4.69) is 25.9 Å². The van der Waals surface area contributed by atoms with E-state index >= 15 is 0 Å². The van der Waals surface area contributed by atoms with E-state index in [0.717, 1.165) is 10.9 Å². The predicted molar refractivity (Wildman–Crippen MR) is 160 cm³/mol. The monoisotopic (exact) mass is 602 g/mol. The lowest BCUT2D eigenvalue weighted by Gasteiger charge is -2.26. The number of amides is 3. The van der Waals surface area contributed by atoms with Crippen LogP contribution in [0.4, 0.5) is 0 Å². The Labute approximate surface area is 249 Å². The van der Waals surface area contributed by atoms with Crippen molar-refractivity contribution in [1.82, 2.24) is 20.9 Å². The minimum Gasteiger partial charge on any atom is -0.481 e. The molecular weight excluding hydrogens is 560 g/mol. The van der Waals surface area contributed by atoms with Gasteiger partial charge in [0.25, 0.3) is 0 Å². The van der Waals surface area contributed by atoms with Crippen LogP contribution in [0.1, 0.15) is 51.5 Å². The molecule has 0 saturated heterocycles. The number of carboxylic acids is 2. The molecule has 1 aromatic carbocycles. The summed E-state index contributed by atoms with van der Waals surface area (Å²) in [5.74, 6) is -5.06. The molecule has 2 rings (SSSR count). The van der Waals surface area contributed by atoms with E-state index in [9.17, 15) is 34.2 Å². The second kappa shape index (κ2) is 16.7. The summed E-state index contributed by atoms with van der Waals surface area (Å²) in [6.07, 6.45) is 1.82. The van der Waals surface area contributed by atoms with Crippen LogP contribution in [0.25, 0.3) is 10.9 Å². The second-order valence-electron chi connectivity index (χ2n) is 10.4. The molecule has 0 aliphatic carbocycles. The zero-order valence-electron chi connectivity index (χ0n) is 24.3. The van der Waals surface area contributed by atoms with Gasteiger partial charge in [0.2, 0.25) is 17.7 Å². The molecular formula is C28H42N8O7. The van der Waals surface area contributed by atoms with Crippen molar-refractivity contribution in [2.24, 2.45) is 28.1 Å². The van der Waals surface area contributed by atoms with E-state index in [1.54, 1.807) is 13.1 Å². The minimum absolute atomic E-state index is 0.0103. The molecule has 2 aromatic rings. The summed E-state index contributed by atoms with van der Waals surface area (Å²) in [5.41, 5.74) is 18.1. The smallest absolute Gasteiger partial charge is 0.326 e. The van der Waals surface area contributed by atoms with Gasteiger partial charge in [0.15, 0.2) is 5.96 Å². The Morgan fingerprint density at radius 3 is 2.19 bits per heavy atom. The Morgan fingerprint density at radius 2 is 1.56 bits per heavy atom. The van der Waals surface area contributed by atoms with Gasteiger partial charge in [-0.2, -0.15) is 0 Å². The highest BCUT2D eigenvalue weighted by Crippen LogP contribution is 2.19. The van der Waals surface area contributed by atoms with Crippen LogP contribution in [-0.4, -0.2) is 81.5 Å². The maximum absolute atomic E-state index is 13.5. The highest BCUT2D eigenvalue weighted by atomic mass is 16.4. The molecule has 3 amide bonds. The normalized spacial score (nSPS) is 14.5. The average molecular weight is 603 g/mol. The number of nitrogens with zero attached hydrogens (tertiary/aromatic N) is 1. The van der Waals surface area contributed by atoms with Crippen LogP contribution < -0.4 is 33.2 Å². The maximum atomic E-state index is 13.5. The third-order valence-electron chi connectivity index (χ3n) is 7.13. The van der Waals surface area contributed by atoms with Crippen molar-refractivity contribution >= 4 is 46.5 Å². The van der Waals surface area contributed by atoms with Crippen LogP contribution in [0.5, 0.6) is 0 Å². The third-order valence-corrected chi connectivity index (χ3v) is 7.13. The molecule has 0 bridgehead atoms. The first-order valence-corrected chi connectivity index (χ1v) is 14.1. The molecule has 0 saturated carbocycles. The van der Waals surface area contributed by atoms with Crippen LogP contribution in [0.3, 0.4) is 0 Å². The molecule has 12 N–H and O–H groups in total. The average Bonchev–Trinajstić information content (AvgIpc) is 3.37. The van der Waals surface area contributed by atoms with Gasteiger partial charge in [-0.3, -0.25) is 24.2 Å². The number of carboxylic acid groups (broad SMARTS) is 2. The van der Waals surface area contributed by atoms with E-state index < -0.39 is 60.2 Å². The molecule has 15 nitrogen and oxygen atoms in total. The van der Waals surface area contributed by atoms with Crippen molar-refractivity contribution < 1.29 is 34.2 Å². The highest BCUT2D eigenvalue weighted by Gasteiger charge is 2.32. The van der Waals surface area contributed by atoms with Gasteiger partial charge in [-0.15, -0.1) is 0 Å². The lowest BCUT2D eigenvalue weighted by Crippen LogP contribution is -2.58. The number of hydrogen-bond donors (Lipinski definition) is 9. The van der Waals surface area contributed by atoms with Gasteiger partial charge < -0.3 is 48.3 Å². The Balaban J connectivity index is 2.32. The SMILES string of the molecule is CCC(C)C(N)C(=O)NC(CCC(=O)O)C(=O)NC(Cc1c[nH]c2ccccc12)C(=O)NC(CCCN=C(N)N)C(=O)O. The molecule has 15 heteroatoms. The minimum atomic E-state index is -1.31. The largest absolute Gasteiger partial charge is 0.481 e. The van der Waals surface area contributed by atoms with Crippen LogP contribution in [0.2, 0.25) is 0 Å². The van der Waals surface area contributed by atoms with Gasteiger partial charge in [0, 0.05) is 36.5 Å². The molecule has 236 valence electrons. The highest BCUT2D eigenvalue weighted by molar-refractivity contribution is 5.95. The number of para-hydroxylation sites is 1. The first-order chi connectivity index (χ1) is 20.3. The Morgan fingerprint density at radius 1 is 0.930 bits per heavy atom. The number of rotatable bonds is 18. The number of carbonyl (C=O) groups is 5. The summed E-state index contributed by atoms with van der Waals surface area (Å²) >= 11 is 0. The van der Waals surface area contributed by atoms with Gasteiger partial charge >= 0.3 is 11.9 Å². The van der Waals surface area contributed by atoms with Crippen molar-refractivity contribution in [2.45, 2.75) is 76.5 Å². The summed E-state index contributed by atoms with van der Waals surface area (Å²) in [7, 11) is 0. The number of aromatic nitrogens is 1. The quantitative estimate of drug-likeness (QED) is 0.0602. The van der Waals surface area contributed by atoms with E-state index in [1.807, 2.05) is 31.2 Å². The number of fused-ring (bicyclic) bond motifs is 1. The molecule has 43 heavy (non-hydrogen) atoms. The first-order valence-electron chi connectivity index (χ1n) is 14.1. The molecule has 5 atom stereocenters. The van der Waals surface area contributed by atoms with Crippen LogP contribution in [-0.2, 0) is 30.4 Å². The van der Waals surface area contributed by atoms with E-state index in [1.165, 1.54) is 0 Å². The zero-order chi connectivity index (χ0) is 32.1. The molecule has 0 radical (unpaired) electrons. The van der Waals surface area contributed by atoms with Gasteiger partial charge in [0.05, 0.1) is 6.04 Å². The van der Waals surface area contributed by atoms with Crippen LogP contribution >= 0.6 is 0 Å². The van der Waals surface area contributed by atoms with Crippen molar-refractivity contribution in [2.75, 3.05) is 6.54 Å². The Kier molecular flexibility index (Phi) is 13.4. The number of guanidine groups is 1. The number of carbonyl (C=O) groups excluding carboxylic acids is 3. The summed E-state index contributed by atoms with van der Waals surface area (Å²) in [4.78, 5) is 69.8. The molecule has 5 unspecified atom stereocenters. The number of nitrogens with two attached hydrogens (primary N) is 3. The fraction of sp³-hybridized carbons (Fsp3) is 0.500. The summed E-state index contributed by atoms with van der Waals surface area (Å²) < 4.78 is 0. The van der Waals surface area contributed by atoms with Gasteiger partial charge in [-0.05, 0) is 36.8 Å². The third kappa shape index (κ3) is 10.9. The van der Waals surface area contributed by atoms with Crippen molar-refractivity contribution in [1.29, 1.82) is 0 Å². The van der Waals surface area contributed by atoms with Crippen LogP contribution in [0, 0.1) is 5.92 Å². The van der Waals surface area contributed by atoms with Crippen molar-refractivity contribution in [3.63, 3.8) is 0 Å². The maximum Gasteiger partial charge on any atom is 0.326 e. The topological polar surface area (TPSA) is 268 Å². The summed E-state index contributed by atoms with van der Waals surface area (Å²) in [6.45, 7) is 3.78. The standard InChI is InChI=1S/C28H42N8O7/c1-3-15(2)23(29)26(41)34-19(10-11-22(37)38)24(39)36-21(13-16-14-33-18-8-5-4-7-17(16)18)25(40)35-20(27(42)43)9-6-12-32-28(30)31/h4-5,7-8,14-15,19-21,23,33H,3,6,9-13,29H2,1-2H3,(H,34,41)(H,35,40)(H,36,39)(H,37,38)(H,42,43)(H4,30,31,32). The second-order valence-corrected chi connectivity index (χ2v) is 10.4. The first kappa shape index (κ1) is 34.5. The molecule has 1 heterocycles. The molecule has 0 aliphatic rings. The van der Waals surface area contributed by atoms with Crippen molar-refractivity contribution in [3.8, 4) is 0 Å². The number of aliphatic carboxylic acids is 2. The van der Waals surface area contributed by atoms with E-state index in [0.29, 0.717) is 12.0 Å². The van der Waals surface area contributed by atoms with Crippen LogP contribution in [0.15, 0.2) is 35.5 Å². The molecule has 0 spiro atoms. The fourth-order valence-corrected chi connectivity index (χ4v) is 4.35. The lowest BCUT2D eigenvalue weighted by atomic mass is 9.98. The van der Waals surface area contributed by atoms with Gasteiger partial charge in [0.1, 0.15) is 18.1 Å². The van der Waals surface area contributed by atoms with Gasteiger partial charge in [-0.25, -0.2) is 4.79 Å². The molecule has 0 fully saturated rings. The summed E-state index contributed by atoms with van der Waals surface area (Å²) in [5, 5.41) is 27.3.